The average Bonchev–Trinajstić information content (AvgIpc) is 2.17. The summed E-state index contributed by atoms with van der Waals surface area (Å²) in [4.78, 5) is 21.7. The van der Waals surface area contributed by atoms with E-state index in [1.807, 2.05) is 0 Å². The predicted molar refractivity (Wildman–Crippen MR) is 51.5 cm³/mol. The van der Waals surface area contributed by atoms with Gasteiger partial charge < -0.3 is 0 Å². The highest BCUT2D eigenvalue weighted by Gasteiger charge is 2.16. The monoisotopic (exact) mass is 212 g/mol. The molecule has 0 aliphatic heterocycles. The number of carbonyl (C=O) groups excluding carboxylic acids is 2. The molecule has 0 amide bonds. The highest BCUT2D eigenvalue weighted by molar-refractivity contribution is 5.97. The molecule has 0 bridgehead atoms. The second kappa shape index (κ2) is 4.29. The van der Waals surface area contributed by atoms with Gasteiger partial charge in [-0.15, -0.1) is 0 Å². The predicted octanol–water partition coefficient (Wildman–Crippen LogP) is 2.95. The molecule has 0 aliphatic carbocycles. The zero-order valence-corrected chi connectivity index (χ0v) is 8.38. The van der Waals surface area contributed by atoms with Crippen molar-refractivity contribution >= 4 is 12.1 Å². The zero-order valence-electron chi connectivity index (χ0n) is 8.38. The van der Waals surface area contributed by atoms with Crippen molar-refractivity contribution in [2.45, 2.75) is 20.3 Å². The van der Waals surface area contributed by atoms with Gasteiger partial charge in [-0.05, 0) is 31.5 Å². The molecule has 0 fully saturated rings. The number of carbonyl (C=O) groups is 2. The van der Waals surface area contributed by atoms with Crippen molar-refractivity contribution in [1.29, 1.82) is 0 Å². The number of Topliss-reactive ketones (excluding diaryl/α,β-unsaturated/α-hetero) is 1. The minimum absolute atomic E-state index is 0.0982. The first-order valence-electron chi connectivity index (χ1n) is 4.36. The van der Waals surface area contributed by atoms with Crippen molar-refractivity contribution in [3.05, 3.63) is 34.4 Å². The van der Waals surface area contributed by atoms with Gasteiger partial charge >= 0.3 is 0 Å². The number of alkyl halides is 2. The molecule has 0 aliphatic rings. The lowest BCUT2D eigenvalue weighted by Crippen LogP contribution is -2.03. The van der Waals surface area contributed by atoms with Crippen LogP contribution < -0.4 is 0 Å². The minimum atomic E-state index is -2.68. The van der Waals surface area contributed by atoms with Gasteiger partial charge in [0, 0.05) is 16.7 Å². The largest absolute Gasteiger partial charge is 0.298 e. The van der Waals surface area contributed by atoms with Crippen LogP contribution in [-0.2, 0) is 0 Å². The van der Waals surface area contributed by atoms with Gasteiger partial charge in [0.05, 0.1) is 0 Å². The van der Waals surface area contributed by atoms with Crippen LogP contribution in [-0.4, -0.2) is 12.1 Å². The summed E-state index contributed by atoms with van der Waals surface area (Å²) >= 11 is 0. The van der Waals surface area contributed by atoms with Crippen molar-refractivity contribution in [3.63, 3.8) is 0 Å². The summed E-state index contributed by atoms with van der Waals surface area (Å²) in [6.45, 7) is 2.74. The summed E-state index contributed by atoms with van der Waals surface area (Å²) in [5.41, 5.74) is 0.254. The highest BCUT2D eigenvalue weighted by Crippen LogP contribution is 2.26. The van der Waals surface area contributed by atoms with E-state index in [9.17, 15) is 18.4 Å². The minimum Gasteiger partial charge on any atom is -0.298 e. The first-order valence-corrected chi connectivity index (χ1v) is 4.36. The first kappa shape index (κ1) is 11.5. The van der Waals surface area contributed by atoms with Crippen LogP contribution in [0.4, 0.5) is 8.78 Å². The summed E-state index contributed by atoms with van der Waals surface area (Å²) in [6, 6.07) is 2.44. The Balaban J connectivity index is 3.46. The van der Waals surface area contributed by atoms with Crippen LogP contribution in [0.25, 0.3) is 0 Å². The SMILES string of the molecule is CC(=O)c1cc(C=O)cc(C(F)F)c1C. The second-order valence-electron chi connectivity index (χ2n) is 3.26. The van der Waals surface area contributed by atoms with Gasteiger partial charge in [-0.25, -0.2) is 8.78 Å². The van der Waals surface area contributed by atoms with Crippen LogP contribution in [0.5, 0.6) is 0 Å². The van der Waals surface area contributed by atoms with Crippen molar-refractivity contribution in [2.75, 3.05) is 0 Å². The summed E-state index contributed by atoms with van der Waals surface area (Å²) in [5, 5.41) is 0. The Hall–Kier alpha value is -1.58. The molecule has 0 saturated heterocycles. The Kier molecular flexibility index (Phi) is 3.29. The van der Waals surface area contributed by atoms with Crippen LogP contribution in [0.1, 0.15) is 45.2 Å². The molecule has 1 aromatic carbocycles. The molecule has 0 saturated carbocycles. The van der Waals surface area contributed by atoms with E-state index in [2.05, 4.69) is 0 Å². The molecule has 0 spiro atoms. The molecule has 15 heavy (non-hydrogen) atoms. The third kappa shape index (κ3) is 2.26. The maximum Gasteiger partial charge on any atom is 0.264 e. The van der Waals surface area contributed by atoms with Gasteiger partial charge in [0.1, 0.15) is 6.29 Å². The quantitative estimate of drug-likeness (QED) is 0.570. The number of aldehydes is 1. The lowest BCUT2D eigenvalue weighted by Gasteiger charge is -2.09. The summed E-state index contributed by atoms with van der Waals surface area (Å²) in [6.07, 6.45) is -2.22. The smallest absolute Gasteiger partial charge is 0.264 e. The van der Waals surface area contributed by atoms with E-state index < -0.39 is 6.43 Å². The molecular formula is C11H10F2O2. The van der Waals surface area contributed by atoms with E-state index in [1.54, 1.807) is 0 Å². The van der Waals surface area contributed by atoms with Crippen LogP contribution in [0.15, 0.2) is 12.1 Å². The Morgan fingerprint density at radius 1 is 1.40 bits per heavy atom. The van der Waals surface area contributed by atoms with Gasteiger partial charge in [-0.2, -0.15) is 0 Å². The Morgan fingerprint density at radius 2 is 2.00 bits per heavy atom. The number of hydrogen-bond acceptors (Lipinski definition) is 2. The van der Waals surface area contributed by atoms with Crippen molar-refractivity contribution < 1.29 is 18.4 Å². The molecule has 0 unspecified atom stereocenters. The molecule has 0 atom stereocenters. The number of halogens is 2. The molecule has 0 heterocycles. The fraction of sp³-hybridized carbons (Fsp3) is 0.273. The average molecular weight is 212 g/mol. The van der Waals surface area contributed by atoms with E-state index in [-0.39, 0.29) is 28.0 Å². The Morgan fingerprint density at radius 3 is 2.40 bits per heavy atom. The number of rotatable bonds is 3. The normalized spacial score (nSPS) is 10.5. The van der Waals surface area contributed by atoms with E-state index in [0.29, 0.717) is 6.29 Å². The van der Waals surface area contributed by atoms with E-state index in [4.69, 9.17) is 0 Å². The summed E-state index contributed by atoms with van der Waals surface area (Å²) in [5.74, 6) is -0.321. The van der Waals surface area contributed by atoms with Gasteiger partial charge in [-0.1, -0.05) is 0 Å². The highest BCUT2D eigenvalue weighted by atomic mass is 19.3. The van der Waals surface area contributed by atoms with Gasteiger partial charge in [0.15, 0.2) is 5.78 Å². The standard InChI is InChI=1S/C11H10F2O2/c1-6-9(7(2)15)3-8(5-14)4-10(6)11(12)13/h3-5,11H,1-2H3. The maximum absolute atomic E-state index is 12.6. The molecule has 4 heteroatoms. The zero-order chi connectivity index (χ0) is 11.6. The molecule has 1 rings (SSSR count). The Bertz CT molecular complexity index is 411. The van der Waals surface area contributed by atoms with Gasteiger partial charge in [-0.3, -0.25) is 9.59 Å². The molecule has 80 valence electrons. The van der Waals surface area contributed by atoms with Crippen molar-refractivity contribution in [1.82, 2.24) is 0 Å². The number of hydrogen-bond donors (Lipinski definition) is 0. The summed E-state index contributed by atoms with van der Waals surface area (Å²) in [7, 11) is 0. The molecule has 0 aromatic heterocycles. The van der Waals surface area contributed by atoms with Gasteiger partial charge in [0.2, 0.25) is 0 Å². The van der Waals surface area contributed by atoms with Crippen LogP contribution in [0.2, 0.25) is 0 Å². The third-order valence-electron chi connectivity index (χ3n) is 2.22. The maximum atomic E-state index is 12.6. The topological polar surface area (TPSA) is 34.1 Å². The van der Waals surface area contributed by atoms with Crippen molar-refractivity contribution in [2.24, 2.45) is 0 Å². The van der Waals surface area contributed by atoms with Crippen molar-refractivity contribution in [3.8, 4) is 0 Å². The molecule has 2 nitrogen and oxygen atoms in total. The van der Waals surface area contributed by atoms with E-state index in [1.165, 1.54) is 19.9 Å². The fourth-order valence-corrected chi connectivity index (χ4v) is 1.42. The first-order chi connectivity index (χ1) is 6.97. The number of benzene rings is 1. The lowest BCUT2D eigenvalue weighted by atomic mass is 9.97. The van der Waals surface area contributed by atoms with Crippen LogP contribution in [0.3, 0.4) is 0 Å². The molecular weight excluding hydrogens is 202 g/mol. The Labute approximate surface area is 85.9 Å². The molecule has 0 N–H and O–H groups in total. The molecule has 0 radical (unpaired) electrons. The third-order valence-corrected chi connectivity index (χ3v) is 2.22. The van der Waals surface area contributed by atoms with Gasteiger partial charge in [0.25, 0.3) is 6.43 Å². The lowest BCUT2D eigenvalue weighted by molar-refractivity contribution is 0.101. The van der Waals surface area contributed by atoms with Crippen LogP contribution >= 0.6 is 0 Å². The number of ketones is 1. The van der Waals surface area contributed by atoms with Crippen LogP contribution in [0, 0.1) is 6.92 Å². The fourth-order valence-electron chi connectivity index (χ4n) is 1.42. The summed E-state index contributed by atoms with van der Waals surface area (Å²) < 4.78 is 25.1. The molecule has 1 aromatic rings. The van der Waals surface area contributed by atoms with E-state index >= 15 is 0 Å². The van der Waals surface area contributed by atoms with E-state index in [0.717, 1.165) is 6.07 Å². The second-order valence-corrected chi connectivity index (χ2v) is 3.26.